The molecule has 2 aromatic rings. The van der Waals surface area contributed by atoms with E-state index in [1.165, 1.54) is 0 Å². The standard InChI is InChI=1S/C15H15ClN2O/c1-11-4-2-7-14(8-11)18-15(19)10-17-13-6-3-5-12(16)9-13/h2-9,17H,10H2,1H3,(H,18,19). The van der Waals surface area contributed by atoms with Gasteiger partial charge in [-0.1, -0.05) is 29.8 Å². The predicted molar refractivity (Wildman–Crippen MR) is 79.8 cm³/mol. The van der Waals surface area contributed by atoms with Crippen molar-refractivity contribution in [3.63, 3.8) is 0 Å². The first kappa shape index (κ1) is 13.4. The monoisotopic (exact) mass is 274 g/mol. The zero-order valence-corrected chi connectivity index (χ0v) is 11.4. The third-order valence-corrected chi connectivity index (χ3v) is 2.81. The molecule has 0 fully saturated rings. The summed E-state index contributed by atoms with van der Waals surface area (Å²) in [5.41, 5.74) is 2.74. The molecule has 0 aromatic heterocycles. The smallest absolute Gasteiger partial charge is 0.243 e. The van der Waals surface area contributed by atoms with Crippen molar-refractivity contribution in [1.82, 2.24) is 0 Å². The fourth-order valence-electron chi connectivity index (χ4n) is 1.71. The lowest BCUT2D eigenvalue weighted by atomic mass is 10.2. The highest BCUT2D eigenvalue weighted by Crippen LogP contribution is 2.14. The van der Waals surface area contributed by atoms with Crippen molar-refractivity contribution in [3.8, 4) is 0 Å². The first-order chi connectivity index (χ1) is 9.13. The van der Waals surface area contributed by atoms with Crippen LogP contribution < -0.4 is 10.6 Å². The Bertz CT molecular complexity index is 584. The van der Waals surface area contributed by atoms with Crippen LogP contribution in [0.5, 0.6) is 0 Å². The summed E-state index contributed by atoms with van der Waals surface area (Å²) in [5.74, 6) is -0.0921. The highest BCUT2D eigenvalue weighted by atomic mass is 35.5. The van der Waals surface area contributed by atoms with Crippen LogP contribution in [-0.2, 0) is 4.79 Å². The topological polar surface area (TPSA) is 41.1 Å². The summed E-state index contributed by atoms with van der Waals surface area (Å²) in [6.45, 7) is 2.19. The van der Waals surface area contributed by atoms with Crippen molar-refractivity contribution < 1.29 is 4.79 Å². The molecule has 1 amide bonds. The summed E-state index contributed by atoms with van der Waals surface area (Å²) < 4.78 is 0. The van der Waals surface area contributed by atoms with Crippen molar-refractivity contribution in [3.05, 3.63) is 59.1 Å². The molecule has 0 aliphatic heterocycles. The molecule has 0 heterocycles. The summed E-state index contributed by atoms with van der Waals surface area (Å²) >= 11 is 5.87. The highest BCUT2D eigenvalue weighted by molar-refractivity contribution is 6.30. The summed E-state index contributed by atoms with van der Waals surface area (Å²) in [6, 6.07) is 15.0. The number of hydrogen-bond acceptors (Lipinski definition) is 2. The number of hydrogen-bond donors (Lipinski definition) is 2. The molecule has 0 atom stereocenters. The third-order valence-electron chi connectivity index (χ3n) is 2.58. The van der Waals surface area contributed by atoms with Crippen LogP contribution in [0.15, 0.2) is 48.5 Å². The van der Waals surface area contributed by atoms with Crippen LogP contribution >= 0.6 is 11.6 Å². The molecule has 2 rings (SSSR count). The maximum absolute atomic E-state index is 11.8. The van der Waals surface area contributed by atoms with Crippen molar-refractivity contribution >= 4 is 28.9 Å². The van der Waals surface area contributed by atoms with Gasteiger partial charge in [-0.3, -0.25) is 4.79 Å². The first-order valence-corrected chi connectivity index (χ1v) is 6.37. The number of nitrogens with one attached hydrogen (secondary N) is 2. The molecule has 2 aromatic carbocycles. The van der Waals surface area contributed by atoms with Gasteiger partial charge in [0.25, 0.3) is 0 Å². The van der Waals surface area contributed by atoms with Crippen LogP contribution in [0.2, 0.25) is 5.02 Å². The Morgan fingerprint density at radius 1 is 1.11 bits per heavy atom. The Balaban J connectivity index is 1.88. The van der Waals surface area contributed by atoms with Crippen LogP contribution in [-0.4, -0.2) is 12.5 Å². The van der Waals surface area contributed by atoms with E-state index >= 15 is 0 Å². The van der Waals surface area contributed by atoms with Crippen molar-refractivity contribution in [1.29, 1.82) is 0 Å². The van der Waals surface area contributed by atoms with Crippen LogP contribution in [0.1, 0.15) is 5.56 Å². The number of amides is 1. The molecule has 0 bridgehead atoms. The molecule has 0 spiro atoms. The molecule has 4 heteroatoms. The molecule has 3 nitrogen and oxygen atoms in total. The second-order valence-electron chi connectivity index (χ2n) is 4.28. The fraction of sp³-hybridized carbons (Fsp3) is 0.133. The van der Waals surface area contributed by atoms with Crippen LogP contribution in [0.25, 0.3) is 0 Å². The fourth-order valence-corrected chi connectivity index (χ4v) is 1.90. The molecular formula is C15H15ClN2O. The summed E-state index contributed by atoms with van der Waals surface area (Å²) in [4.78, 5) is 11.8. The van der Waals surface area contributed by atoms with E-state index in [9.17, 15) is 4.79 Å². The maximum atomic E-state index is 11.8. The second kappa shape index (κ2) is 6.25. The van der Waals surface area contributed by atoms with Crippen LogP contribution in [0.4, 0.5) is 11.4 Å². The largest absolute Gasteiger partial charge is 0.376 e. The van der Waals surface area contributed by atoms with Gasteiger partial charge in [0, 0.05) is 16.4 Å². The molecule has 0 aliphatic carbocycles. The van der Waals surface area contributed by atoms with Gasteiger partial charge < -0.3 is 10.6 Å². The molecule has 0 saturated carbocycles. The van der Waals surface area contributed by atoms with Gasteiger partial charge in [-0.05, 0) is 42.8 Å². The van der Waals surface area contributed by atoms with Crippen LogP contribution in [0, 0.1) is 6.92 Å². The lowest BCUT2D eigenvalue weighted by molar-refractivity contribution is -0.114. The van der Waals surface area contributed by atoms with Gasteiger partial charge in [0.1, 0.15) is 0 Å². The van der Waals surface area contributed by atoms with Gasteiger partial charge >= 0.3 is 0 Å². The first-order valence-electron chi connectivity index (χ1n) is 5.99. The van der Waals surface area contributed by atoms with E-state index in [4.69, 9.17) is 11.6 Å². The van der Waals surface area contributed by atoms with Crippen molar-refractivity contribution in [2.75, 3.05) is 17.2 Å². The zero-order valence-electron chi connectivity index (χ0n) is 10.6. The molecule has 0 radical (unpaired) electrons. The minimum Gasteiger partial charge on any atom is -0.376 e. The van der Waals surface area contributed by atoms with E-state index in [0.29, 0.717) is 5.02 Å². The van der Waals surface area contributed by atoms with E-state index < -0.39 is 0 Å². The van der Waals surface area contributed by atoms with E-state index in [-0.39, 0.29) is 12.5 Å². The average Bonchev–Trinajstić information content (AvgIpc) is 2.36. The Morgan fingerprint density at radius 3 is 2.58 bits per heavy atom. The minimum atomic E-state index is -0.0921. The molecule has 0 unspecified atom stereocenters. The van der Waals surface area contributed by atoms with Gasteiger partial charge in [0.2, 0.25) is 5.91 Å². The third kappa shape index (κ3) is 4.30. The summed E-state index contributed by atoms with van der Waals surface area (Å²) in [5, 5.41) is 6.50. The number of carbonyl (C=O) groups is 1. The molecule has 19 heavy (non-hydrogen) atoms. The highest BCUT2D eigenvalue weighted by Gasteiger charge is 2.02. The second-order valence-corrected chi connectivity index (χ2v) is 4.72. The van der Waals surface area contributed by atoms with Gasteiger partial charge in [0.05, 0.1) is 6.54 Å². The number of carbonyl (C=O) groups excluding carboxylic acids is 1. The van der Waals surface area contributed by atoms with E-state index in [1.807, 2.05) is 43.3 Å². The average molecular weight is 275 g/mol. The van der Waals surface area contributed by atoms with Gasteiger partial charge in [0.15, 0.2) is 0 Å². The molecule has 98 valence electrons. The zero-order chi connectivity index (χ0) is 13.7. The maximum Gasteiger partial charge on any atom is 0.243 e. The SMILES string of the molecule is Cc1cccc(NC(=O)CNc2cccc(Cl)c2)c1. The van der Waals surface area contributed by atoms with Crippen LogP contribution in [0.3, 0.4) is 0 Å². The Kier molecular flexibility index (Phi) is 4.42. The Morgan fingerprint density at radius 2 is 1.84 bits per heavy atom. The normalized spacial score (nSPS) is 10.0. The molecular weight excluding hydrogens is 260 g/mol. The number of halogens is 1. The van der Waals surface area contributed by atoms with Crippen molar-refractivity contribution in [2.45, 2.75) is 6.92 Å². The minimum absolute atomic E-state index is 0.0921. The Hall–Kier alpha value is -2.00. The Labute approximate surface area is 117 Å². The lowest BCUT2D eigenvalue weighted by Gasteiger charge is -2.08. The van der Waals surface area contributed by atoms with Gasteiger partial charge in [-0.15, -0.1) is 0 Å². The molecule has 2 N–H and O–H groups in total. The van der Waals surface area contributed by atoms with Crippen molar-refractivity contribution in [2.24, 2.45) is 0 Å². The van der Waals surface area contributed by atoms with Gasteiger partial charge in [-0.25, -0.2) is 0 Å². The molecule has 0 aliphatic rings. The van der Waals surface area contributed by atoms with Gasteiger partial charge in [-0.2, -0.15) is 0 Å². The lowest BCUT2D eigenvalue weighted by Crippen LogP contribution is -2.21. The number of rotatable bonds is 4. The summed E-state index contributed by atoms with van der Waals surface area (Å²) in [7, 11) is 0. The molecule has 0 saturated heterocycles. The van der Waals surface area contributed by atoms with E-state index in [0.717, 1.165) is 16.9 Å². The number of anilines is 2. The predicted octanol–water partition coefficient (Wildman–Crippen LogP) is 3.70. The van der Waals surface area contributed by atoms with E-state index in [2.05, 4.69) is 10.6 Å². The quantitative estimate of drug-likeness (QED) is 0.893. The number of benzene rings is 2. The summed E-state index contributed by atoms with van der Waals surface area (Å²) in [6.07, 6.45) is 0. The van der Waals surface area contributed by atoms with E-state index in [1.54, 1.807) is 12.1 Å². The number of aryl methyl sites for hydroxylation is 1.